The van der Waals surface area contributed by atoms with Crippen molar-refractivity contribution in [1.82, 2.24) is 9.55 Å². The van der Waals surface area contributed by atoms with Gasteiger partial charge in [-0.2, -0.15) is 8.78 Å². The number of anilines is 1. The van der Waals surface area contributed by atoms with E-state index in [0.29, 0.717) is 21.1 Å². The third-order valence-electron chi connectivity index (χ3n) is 3.64. The number of ether oxygens (including phenoxy) is 1. The summed E-state index contributed by atoms with van der Waals surface area (Å²) in [5.41, 5.74) is 0.900. The Bertz CT molecular complexity index is 1020. The van der Waals surface area contributed by atoms with Crippen LogP contribution in [0.4, 0.5) is 14.5 Å². The summed E-state index contributed by atoms with van der Waals surface area (Å²) in [4.78, 5) is 29.1. The number of rotatable bonds is 6. The van der Waals surface area contributed by atoms with Gasteiger partial charge in [-0.05, 0) is 42.6 Å². The Morgan fingerprint density at radius 1 is 1.30 bits per heavy atom. The summed E-state index contributed by atoms with van der Waals surface area (Å²) < 4.78 is 30.6. The van der Waals surface area contributed by atoms with Gasteiger partial charge in [0.1, 0.15) is 10.4 Å². The Balaban J connectivity index is 1.69. The first-order valence-corrected chi connectivity index (χ1v) is 9.57. The molecule has 0 aliphatic carbocycles. The maximum Gasteiger partial charge on any atom is 0.387 e. The molecule has 27 heavy (non-hydrogen) atoms. The Morgan fingerprint density at radius 2 is 2.00 bits per heavy atom. The number of nitrogens with one attached hydrogen (secondary N) is 1. The van der Waals surface area contributed by atoms with Crippen molar-refractivity contribution >= 4 is 44.9 Å². The second kappa shape index (κ2) is 8.05. The fourth-order valence-electron chi connectivity index (χ4n) is 2.25. The van der Waals surface area contributed by atoms with Crippen molar-refractivity contribution in [1.29, 1.82) is 0 Å². The Morgan fingerprint density at radius 3 is 2.67 bits per heavy atom. The summed E-state index contributed by atoms with van der Waals surface area (Å²) >= 11 is 2.49. The number of halogens is 2. The molecule has 1 unspecified atom stereocenters. The topological polar surface area (TPSA) is 73.2 Å². The average Bonchev–Trinajstić information content (AvgIpc) is 3.09. The zero-order chi connectivity index (χ0) is 19.6. The minimum absolute atomic E-state index is 0.00804. The number of amides is 1. The van der Waals surface area contributed by atoms with Crippen molar-refractivity contribution in [3.63, 3.8) is 0 Å². The maximum atomic E-state index is 12.4. The molecule has 0 spiro atoms. The molecular weight excluding hydrogens is 396 g/mol. The van der Waals surface area contributed by atoms with Crippen LogP contribution in [0.1, 0.15) is 6.92 Å². The molecule has 2 heterocycles. The van der Waals surface area contributed by atoms with Crippen LogP contribution in [0.25, 0.3) is 10.2 Å². The van der Waals surface area contributed by atoms with Crippen LogP contribution < -0.4 is 15.6 Å². The van der Waals surface area contributed by atoms with Gasteiger partial charge in [0.2, 0.25) is 5.91 Å². The van der Waals surface area contributed by atoms with Crippen molar-refractivity contribution in [3.05, 3.63) is 46.1 Å². The number of fused-ring (bicyclic) bond motifs is 1. The minimum Gasteiger partial charge on any atom is -0.435 e. The van der Waals surface area contributed by atoms with Gasteiger partial charge in [0.25, 0.3) is 5.56 Å². The van der Waals surface area contributed by atoms with E-state index in [1.54, 1.807) is 25.4 Å². The van der Waals surface area contributed by atoms with Crippen molar-refractivity contribution in [2.45, 2.75) is 23.9 Å². The molecule has 1 aromatic carbocycles. The van der Waals surface area contributed by atoms with Crippen molar-refractivity contribution in [3.8, 4) is 5.75 Å². The summed E-state index contributed by atoms with van der Waals surface area (Å²) in [6.45, 7) is -1.21. The van der Waals surface area contributed by atoms with Gasteiger partial charge in [0, 0.05) is 12.7 Å². The van der Waals surface area contributed by atoms with Gasteiger partial charge in [-0.15, -0.1) is 11.3 Å². The van der Waals surface area contributed by atoms with Crippen molar-refractivity contribution in [2.75, 3.05) is 5.32 Å². The second-order valence-electron chi connectivity index (χ2n) is 5.55. The van der Waals surface area contributed by atoms with E-state index >= 15 is 0 Å². The third kappa shape index (κ3) is 4.45. The highest BCUT2D eigenvalue weighted by Gasteiger charge is 2.19. The molecule has 3 rings (SSSR count). The van der Waals surface area contributed by atoms with E-state index in [4.69, 9.17) is 0 Å². The monoisotopic (exact) mass is 411 g/mol. The summed E-state index contributed by atoms with van der Waals surface area (Å²) in [5, 5.41) is 4.40. The van der Waals surface area contributed by atoms with Crippen LogP contribution in [0.2, 0.25) is 0 Å². The van der Waals surface area contributed by atoms with Crippen LogP contribution in [0, 0.1) is 0 Å². The molecule has 0 aliphatic rings. The maximum absolute atomic E-state index is 12.4. The Hall–Kier alpha value is -2.46. The van der Waals surface area contributed by atoms with Crippen LogP contribution in [0.15, 0.2) is 45.7 Å². The number of hydrogen-bond acceptors (Lipinski definition) is 6. The number of hydrogen-bond donors (Lipinski definition) is 1. The van der Waals surface area contributed by atoms with Crippen LogP contribution in [-0.4, -0.2) is 27.3 Å². The summed E-state index contributed by atoms with van der Waals surface area (Å²) in [6, 6.07) is 7.39. The van der Waals surface area contributed by atoms with Gasteiger partial charge in [-0.3, -0.25) is 14.2 Å². The fraction of sp³-hybridized carbons (Fsp3) is 0.235. The second-order valence-corrected chi connectivity index (χ2v) is 7.77. The van der Waals surface area contributed by atoms with Gasteiger partial charge in [-0.1, -0.05) is 11.8 Å². The molecule has 1 N–H and O–H groups in total. The van der Waals surface area contributed by atoms with Gasteiger partial charge in [-0.25, -0.2) is 4.98 Å². The lowest BCUT2D eigenvalue weighted by molar-refractivity contribution is -0.115. The van der Waals surface area contributed by atoms with Crippen LogP contribution >= 0.6 is 23.1 Å². The minimum atomic E-state index is -2.90. The summed E-state index contributed by atoms with van der Waals surface area (Å²) in [6.07, 6.45) is 0. The number of benzene rings is 1. The van der Waals surface area contributed by atoms with Crippen LogP contribution in [-0.2, 0) is 11.8 Å². The molecule has 6 nitrogen and oxygen atoms in total. The van der Waals surface area contributed by atoms with Gasteiger partial charge >= 0.3 is 6.61 Å². The first-order valence-electron chi connectivity index (χ1n) is 7.82. The number of aromatic nitrogens is 2. The van der Waals surface area contributed by atoms with Gasteiger partial charge in [0.05, 0.1) is 10.8 Å². The van der Waals surface area contributed by atoms with Crippen molar-refractivity contribution in [2.24, 2.45) is 7.05 Å². The van der Waals surface area contributed by atoms with Crippen LogP contribution in [0.3, 0.4) is 0 Å². The number of alkyl halides is 2. The molecule has 0 saturated heterocycles. The molecule has 3 aromatic rings. The molecular formula is C17H15F2N3O3S2. The normalized spacial score (nSPS) is 12.3. The van der Waals surface area contributed by atoms with E-state index in [9.17, 15) is 18.4 Å². The van der Waals surface area contributed by atoms with Gasteiger partial charge < -0.3 is 10.1 Å². The molecule has 1 atom stereocenters. The lowest BCUT2D eigenvalue weighted by Gasteiger charge is -2.14. The van der Waals surface area contributed by atoms with E-state index in [2.05, 4.69) is 15.0 Å². The molecule has 142 valence electrons. The molecule has 0 bridgehead atoms. The van der Waals surface area contributed by atoms with E-state index in [1.165, 1.54) is 40.2 Å². The first-order chi connectivity index (χ1) is 12.8. The summed E-state index contributed by atoms with van der Waals surface area (Å²) in [5.74, 6) is -0.295. The Labute approximate surface area is 161 Å². The van der Waals surface area contributed by atoms with Crippen LogP contribution in [0.5, 0.6) is 5.75 Å². The van der Waals surface area contributed by atoms with E-state index in [1.807, 2.05) is 0 Å². The lowest BCUT2D eigenvalue weighted by Crippen LogP contribution is -2.25. The number of thiophene rings is 1. The Kier molecular flexibility index (Phi) is 5.76. The molecule has 0 radical (unpaired) electrons. The molecule has 0 saturated carbocycles. The quantitative estimate of drug-likeness (QED) is 0.494. The predicted molar refractivity (Wildman–Crippen MR) is 102 cm³/mol. The summed E-state index contributed by atoms with van der Waals surface area (Å²) in [7, 11) is 1.61. The smallest absolute Gasteiger partial charge is 0.387 e. The molecule has 10 heteroatoms. The van der Waals surface area contributed by atoms with E-state index in [-0.39, 0.29) is 17.2 Å². The lowest BCUT2D eigenvalue weighted by atomic mass is 10.3. The number of thioether (sulfide) groups is 1. The molecule has 0 fully saturated rings. The largest absolute Gasteiger partial charge is 0.435 e. The SMILES string of the molecule is CC(Sc1nc2ccsc2c(=O)n1C)C(=O)Nc1ccc(OC(F)F)cc1. The van der Waals surface area contributed by atoms with Gasteiger partial charge in [0.15, 0.2) is 5.16 Å². The molecule has 2 aromatic heterocycles. The third-order valence-corrected chi connectivity index (χ3v) is 5.68. The average molecular weight is 411 g/mol. The number of carbonyl (C=O) groups is 1. The standard InChI is InChI=1S/C17H15F2N3O3S2/c1-9(14(23)20-10-3-5-11(6-4-10)25-16(18)19)27-17-21-12-7-8-26-13(12)15(24)22(17)2/h3-9,16H,1-2H3,(H,20,23). The van der Waals surface area contributed by atoms with E-state index < -0.39 is 11.9 Å². The highest BCUT2D eigenvalue weighted by Crippen LogP contribution is 2.25. The molecule has 0 aliphatic heterocycles. The predicted octanol–water partition coefficient (Wildman–Crippen LogP) is 3.72. The highest BCUT2D eigenvalue weighted by atomic mass is 32.2. The number of nitrogens with zero attached hydrogens (tertiary/aromatic N) is 2. The zero-order valence-electron chi connectivity index (χ0n) is 14.3. The first kappa shape index (κ1) is 19.3. The zero-order valence-corrected chi connectivity index (χ0v) is 15.9. The highest BCUT2D eigenvalue weighted by molar-refractivity contribution is 8.00. The number of carbonyl (C=O) groups excluding carboxylic acids is 1. The fourth-order valence-corrected chi connectivity index (χ4v) is 3.93. The molecule has 1 amide bonds. The van der Waals surface area contributed by atoms with Crippen molar-refractivity contribution < 1.29 is 18.3 Å². The van der Waals surface area contributed by atoms with E-state index in [0.717, 1.165) is 11.8 Å².